The van der Waals surface area contributed by atoms with Gasteiger partial charge in [-0.3, -0.25) is 4.98 Å². The molecule has 0 atom stereocenters. The number of para-hydroxylation sites is 1. The highest BCUT2D eigenvalue weighted by atomic mass is 79.9. The predicted molar refractivity (Wildman–Crippen MR) is 54.2 cm³/mol. The summed E-state index contributed by atoms with van der Waals surface area (Å²) in [7, 11) is 0. The zero-order valence-corrected chi connectivity index (χ0v) is 8.30. The SMILES string of the molecule is Cc1cnc2c(Br)cccc2c1. The lowest BCUT2D eigenvalue weighted by atomic mass is 10.2. The summed E-state index contributed by atoms with van der Waals surface area (Å²) in [5.41, 5.74) is 2.23. The first-order chi connectivity index (χ1) is 5.77. The summed E-state index contributed by atoms with van der Waals surface area (Å²) in [5.74, 6) is 0. The van der Waals surface area contributed by atoms with Crippen LogP contribution in [0.15, 0.2) is 34.9 Å². The molecule has 1 aromatic carbocycles. The van der Waals surface area contributed by atoms with Crippen LogP contribution in [-0.4, -0.2) is 4.98 Å². The summed E-state index contributed by atoms with van der Waals surface area (Å²) in [5, 5.41) is 1.18. The van der Waals surface area contributed by atoms with Gasteiger partial charge in [0.05, 0.1) is 5.52 Å². The average Bonchev–Trinajstić information content (AvgIpc) is 2.04. The quantitative estimate of drug-likeness (QED) is 0.666. The first kappa shape index (κ1) is 7.74. The normalized spacial score (nSPS) is 10.5. The molecule has 2 heteroatoms. The number of rotatable bonds is 0. The van der Waals surface area contributed by atoms with E-state index in [9.17, 15) is 0 Å². The fraction of sp³-hybridized carbons (Fsp3) is 0.100. The van der Waals surface area contributed by atoms with Gasteiger partial charge in [-0.15, -0.1) is 0 Å². The van der Waals surface area contributed by atoms with Gasteiger partial charge in [0.15, 0.2) is 0 Å². The lowest BCUT2D eigenvalue weighted by molar-refractivity contribution is 1.33. The third-order valence-electron chi connectivity index (χ3n) is 1.80. The van der Waals surface area contributed by atoms with E-state index in [4.69, 9.17) is 0 Å². The fourth-order valence-electron chi connectivity index (χ4n) is 1.23. The molecule has 1 nitrogen and oxygen atoms in total. The van der Waals surface area contributed by atoms with Crippen molar-refractivity contribution in [2.75, 3.05) is 0 Å². The molecule has 0 bridgehead atoms. The first-order valence-electron chi connectivity index (χ1n) is 3.78. The molecule has 0 amide bonds. The standard InChI is InChI=1S/C10H8BrN/c1-7-5-8-3-2-4-9(11)10(8)12-6-7/h2-6H,1H3. The Morgan fingerprint density at radius 2 is 2.17 bits per heavy atom. The molecule has 12 heavy (non-hydrogen) atoms. The van der Waals surface area contributed by atoms with E-state index < -0.39 is 0 Å². The predicted octanol–water partition coefficient (Wildman–Crippen LogP) is 3.31. The maximum absolute atomic E-state index is 4.33. The van der Waals surface area contributed by atoms with Gasteiger partial charge in [-0.05, 0) is 40.5 Å². The van der Waals surface area contributed by atoms with Crippen LogP contribution in [0.2, 0.25) is 0 Å². The van der Waals surface area contributed by atoms with Crippen molar-refractivity contribution in [1.82, 2.24) is 4.98 Å². The number of aromatic nitrogens is 1. The highest BCUT2D eigenvalue weighted by molar-refractivity contribution is 9.10. The number of pyridine rings is 1. The van der Waals surface area contributed by atoms with Crippen molar-refractivity contribution in [3.8, 4) is 0 Å². The Kier molecular flexibility index (Phi) is 1.85. The summed E-state index contributed by atoms with van der Waals surface area (Å²) < 4.78 is 1.06. The summed E-state index contributed by atoms with van der Waals surface area (Å²) in [4.78, 5) is 4.33. The van der Waals surface area contributed by atoms with Gasteiger partial charge in [0.1, 0.15) is 0 Å². The molecule has 2 aromatic rings. The molecular formula is C10H8BrN. The second kappa shape index (κ2) is 2.87. The third kappa shape index (κ3) is 1.23. The molecule has 0 saturated carbocycles. The van der Waals surface area contributed by atoms with Crippen LogP contribution in [0.5, 0.6) is 0 Å². The molecule has 0 N–H and O–H groups in total. The number of hydrogen-bond acceptors (Lipinski definition) is 1. The molecule has 0 spiro atoms. The van der Waals surface area contributed by atoms with Gasteiger partial charge in [0.2, 0.25) is 0 Å². The Hall–Kier alpha value is -0.890. The number of hydrogen-bond donors (Lipinski definition) is 0. The van der Waals surface area contributed by atoms with E-state index in [-0.39, 0.29) is 0 Å². The van der Waals surface area contributed by atoms with E-state index in [1.165, 1.54) is 10.9 Å². The van der Waals surface area contributed by atoms with Crippen LogP contribution in [-0.2, 0) is 0 Å². The van der Waals surface area contributed by atoms with E-state index in [0.717, 1.165) is 9.99 Å². The van der Waals surface area contributed by atoms with Gasteiger partial charge in [0, 0.05) is 16.1 Å². The Morgan fingerprint density at radius 3 is 3.00 bits per heavy atom. The van der Waals surface area contributed by atoms with Gasteiger partial charge in [-0.25, -0.2) is 0 Å². The summed E-state index contributed by atoms with van der Waals surface area (Å²) >= 11 is 3.46. The summed E-state index contributed by atoms with van der Waals surface area (Å²) in [6.07, 6.45) is 1.88. The van der Waals surface area contributed by atoms with Crippen molar-refractivity contribution in [2.45, 2.75) is 6.92 Å². The monoisotopic (exact) mass is 221 g/mol. The van der Waals surface area contributed by atoms with Crippen LogP contribution in [0.3, 0.4) is 0 Å². The molecule has 0 aliphatic rings. The number of aryl methyl sites for hydroxylation is 1. The Morgan fingerprint density at radius 1 is 1.33 bits per heavy atom. The van der Waals surface area contributed by atoms with Gasteiger partial charge in [-0.2, -0.15) is 0 Å². The van der Waals surface area contributed by atoms with Crippen molar-refractivity contribution < 1.29 is 0 Å². The van der Waals surface area contributed by atoms with E-state index in [2.05, 4.69) is 33.0 Å². The highest BCUT2D eigenvalue weighted by Gasteiger charge is 1.97. The molecule has 0 unspecified atom stereocenters. The number of halogens is 1. The van der Waals surface area contributed by atoms with Crippen LogP contribution < -0.4 is 0 Å². The zero-order valence-electron chi connectivity index (χ0n) is 6.71. The Balaban J connectivity index is 2.86. The molecule has 0 aliphatic heterocycles. The van der Waals surface area contributed by atoms with Crippen molar-refractivity contribution >= 4 is 26.8 Å². The molecule has 60 valence electrons. The van der Waals surface area contributed by atoms with Gasteiger partial charge < -0.3 is 0 Å². The van der Waals surface area contributed by atoms with Crippen LogP contribution in [0.4, 0.5) is 0 Å². The smallest absolute Gasteiger partial charge is 0.0844 e. The van der Waals surface area contributed by atoms with E-state index in [1.54, 1.807) is 0 Å². The Bertz CT molecular complexity index is 423. The first-order valence-corrected chi connectivity index (χ1v) is 4.57. The fourth-order valence-corrected chi connectivity index (χ4v) is 1.72. The number of benzene rings is 1. The van der Waals surface area contributed by atoms with Gasteiger partial charge >= 0.3 is 0 Å². The van der Waals surface area contributed by atoms with Crippen molar-refractivity contribution in [3.63, 3.8) is 0 Å². The lowest BCUT2D eigenvalue weighted by Crippen LogP contribution is -1.81. The maximum atomic E-state index is 4.33. The van der Waals surface area contributed by atoms with Gasteiger partial charge in [0.25, 0.3) is 0 Å². The minimum atomic E-state index is 1.03. The molecule has 0 radical (unpaired) electrons. The molecular weight excluding hydrogens is 214 g/mol. The molecule has 0 aliphatic carbocycles. The van der Waals surface area contributed by atoms with E-state index in [0.29, 0.717) is 0 Å². The average molecular weight is 222 g/mol. The molecule has 0 fully saturated rings. The van der Waals surface area contributed by atoms with E-state index >= 15 is 0 Å². The lowest BCUT2D eigenvalue weighted by Gasteiger charge is -1.99. The number of nitrogens with zero attached hydrogens (tertiary/aromatic N) is 1. The van der Waals surface area contributed by atoms with Crippen LogP contribution in [0.1, 0.15) is 5.56 Å². The van der Waals surface area contributed by atoms with Crippen molar-refractivity contribution in [1.29, 1.82) is 0 Å². The zero-order chi connectivity index (χ0) is 8.55. The summed E-state index contributed by atoms with van der Waals surface area (Å²) in [6.45, 7) is 2.05. The molecule has 2 rings (SSSR count). The minimum absolute atomic E-state index is 1.03. The van der Waals surface area contributed by atoms with Crippen molar-refractivity contribution in [2.24, 2.45) is 0 Å². The highest BCUT2D eigenvalue weighted by Crippen LogP contribution is 2.21. The number of fused-ring (bicyclic) bond motifs is 1. The van der Waals surface area contributed by atoms with Crippen LogP contribution in [0, 0.1) is 6.92 Å². The van der Waals surface area contributed by atoms with Gasteiger partial charge in [-0.1, -0.05) is 12.1 Å². The van der Waals surface area contributed by atoms with Crippen molar-refractivity contribution in [3.05, 3.63) is 40.5 Å². The third-order valence-corrected chi connectivity index (χ3v) is 2.44. The minimum Gasteiger partial charge on any atom is -0.255 e. The largest absolute Gasteiger partial charge is 0.255 e. The maximum Gasteiger partial charge on any atom is 0.0844 e. The van der Waals surface area contributed by atoms with Crippen LogP contribution in [0.25, 0.3) is 10.9 Å². The van der Waals surface area contributed by atoms with E-state index in [1.807, 2.05) is 25.3 Å². The molecule has 1 aromatic heterocycles. The Labute approximate surface area is 79.6 Å². The summed E-state index contributed by atoms with van der Waals surface area (Å²) in [6, 6.07) is 8.23. The molecule has 1 heterocycles. The molecule has 0 saturated heterocycles. The topological polar surface area (TPSA) is 12.9 Å². The second-order valence-corrected chi connectivity index (χ2v) is 3.68. The second-order valence-electron chi connectivity index (χ2n) is 2.82. The van der Waals surface area contributed by atoms with Crippen LogP contribution >= 0.6 is 15.9 Å².